The van der Waals surface area contributed by atoms with Crippen molar-refractivity contribution < 1.29 is 32.3 Å². The molecule has 0 unspecified atom stereocenters. The van der Waals surface area contributed by atoms with Crippen molar-refractivity contribution in [1.29, 1.82) is 0 Å². The third-order valence-corrected chi connectivity index (χ3v) is 1.92. The molecule has 0 fully saturated rings. The molecule has 0 aliphatic heterocycles. The van der Waals surface area contributed by atoms with Gasteiger partial charge in [0.15, 0.2) is 0 Å². The Bertz CT molecular complexity index is 404. The first-order chi connectivity index (χ1) is 9.38. The zero-order valence-corrected chi connectivity index (χ0v) is 11.9. The van der Waals surface area contributed by atoms with Crippen molar-refractivity contribution in [1.82, 2.24) is 10.2 Å². The Morgan fingerprint density at radius 3 is 2.10 bits per heavy atom. The van der Waals surface area contributed by atoms with Crippen LogP contribution in [-0.4, -0.2) is 54.2 Å². The largest absolute Gasteiger partial charge is 0.471 e. The van der Waals surface area contributed by atoms with Crippen LogP contribution in [0.2, 0.25) is 0 Å². The van der Waals surface area contributed by atoms with Crippen LogP contribution in [0.5, 0.6) is 0 Å². The summed E-state index contributed by atoms with van der Waals surface area (Å²) in [5.74, 6) is -3.56. The van der Waals surface area contributed by atoms with Gasteiger partial charge in [-0.2, -0.15) is 13.2 Å². The molecule has 0 radical (unpaired) electrons. The molecule has 7 nitrogen and oxygen atoms in total. The number of nitrogens with one attached hydrogen (secondary N) is 1. The lowest BCUT2D eigenvalue weighted by Gasteiger charge is -2.22. The molecule has 0 heterocycles. The molecule has 0 saturated carbocycles. The Hall–Kier alpha value is -1.84. The summed E-state index contributed by atoms with van der Waals surface area (Å²) in [4.78, 5) is 33.8. The van der Waals surface area contributed by atoms with E-state index in [4.69, 9.17) is 10.5 Å². The van der Waals surface area contributed by atoms with Crippen LogP contribution < -0.4 is 11.1 Å². The average Bonchev–Trinajstić information content (AvgIpc) is 2.28. The topological polar surface area (TPSA) is 102 Å². The van der Waals surface area contributed by atoms with E-state index in [1.54, 1.807) is 20.8 Å². The molecule has 21 heavy (non-hydrogen) atoms. The average molecular weight is 313 g/mol. The van der Waals surface area contributed by atoms with E-state index in [2.05, 4.69) is 0 Å². The fourth-order valence-electron chi connectivity index (χ4n) is 1.18. The van der Waals surface area contributed by atoms with Gasteiger partial charge in [-0.3, -0.25) is 14.5 Å². The second kappa shape index (κ2) is 7.25. The number of carbonyl (C=O) groups excluding carboxylic acids is 3. The summed E-state index contributed by atoms with van der Waals surface area (Å²) in [5.41, 5.74) is 4.23. The molecule has 0 spiro atoms. The maximum Gasteiger partial charge on any atom is 0.471 e. The number of alkyl carbamates (subject to hydrolysis) is 1. The van der Waals surface area contributed by atoms with Gasteiger partial charge in [-0.05, 0) is 20.8 Å². The van der Waals surface area contributed by atoms with Crippen molar-refractivity contribution in [2.75, 3.05) is 19.6 Å². The molecule has 3 N–H and O–H groups in total. The fourth-order valence-corrected chi connectivity index (χ4v) is 1.18. The Balaban J connectivity index is 4.65. The van der Waals surface area contributed by atoms with E-state index < -0.39 is 42.8 Å². The first kappa shape index (κ1) is 19.2. The predicted octanol–water partition coefficient (Wildman–Crippen LogP) is 0.387. The number of hydrogen-bond acceptors (Lipinski definition) is 5. The smallest absolute Gasteiger partial charge is 0.444 e. The summed E-state index contributed by atoms with van der Waals surface area (Å²) in [5, 5.41) is 1.97. The third kappa shape index (κ3) is 7.49. The van der Waals surface area contributed by atoms with Gasteiger partial charge in [-0.1, -0.05) is 0 Å². The molecule has 3 amide bonds. The number of carbonyl (C=O) groups is 3. The van der Waals surface area contributed by atoms with Crippen LogP contribution in [0.4, 0.5) is 18.0 Å². The number of rotatable bonds is 4. The number of halogens is 3. The minimum atomic E-state index is -5.20. The van der Waals surface area contributed by atoms with Crippen molar-refractivity contribution in [3.05, 3.63) is 0 Å². The van der Waals surface area contributed by atoms with Gasteiger partial charge < -0.3 is 15.8 Å². The summed E-state index contributed by atoms with van der Waals surface area (Å²) in [7, 11) is 0. The molecule has 0 rings (SSSR count). The first-order valence-electron chi connectivity index (χ1n) is 5.97. The van der Waals surface area contributed by atoms with Gasteiger partial charge in [0.05, 0.1) is 0 Å². The molecule has 0 atom stereocenters. The number of imide groups is 1. The summed E-state index contributed by atoms with van der Waals surface area (Å²) in [6.45, 7) is 2.97. The van der Waals surface area contributed by atoms with Crippen LogP contribution in [0.3, 0.4) is 0 Å². The zero-order chi connectivity index (χ0) is 16.8. The number of nitrogens with zero attached hydrogens (tertiary/aromatic N) is 1. The number of nitrogens with two attached hydrogens (primary N) is 1. The van der Waals surface area contributed by atoms with Gasteiger partial charge in [0.2, 0.25) is 5.91 Å². The van der Waals surface area contributed by atoms with Crippen molar-refractivity contribution in [3.8, 4) is 0 Å². The van der Waals surface area contributed by atoms with Crippen LogP contribution >= 0.6 is 0 Å². The standard InChI is InChI=1S/C11H18F3N3O4/c1-10(2,3)21-9(20)16-6-7(18)17(5-4-15)8(19)11(12,13)14/h4-6,15H2,1-3H3,(H,16,20). The van der Waals surface area contributed by atoms with E-state index in [9.17, 15) is 27.6 Å². The molecule has 122 valence electrons. The van der Waals surface area contributed by atoms with Gasteiger partial charge in [0, 0.05) is 13.1 Å². The summed E-state index contributed by atoms with van der Waals surface area (Å²) < 4.78 is 41.7. The van der Waals surface area contributed by atoms with E-state index in [-0.39, 0.29) is 11.4 Å². The van der Waals surface area contributed by atoms with Gasteiger partial charge in [0.25, 0.3) is 0 Å². The molecular formula is C11H18F3N3O4. The number of ether oxygens (including phenoxy) is 1. The summed E-state index contributed by atoms with van der Waals surface area (Å²) >= 11 is 0. The molecule has 0 aromatic heterocycles. The van der Waals surface area contributed by atoms with Crippen molar-refractivity contribution in [2.45, 2.75) is 32.5 Å². The Labute approximate surface area is 119 Å². The lowest BCUT2D eigenvalue weighted by atomic mass is 10.2. The molecule has 0 saturated heterocycles. The van der Waals surface area contributed by atoms with Crippen LogP contribution in [0.25, 0.3) is 0 Å². The number of hydrogen-bond donors (Lipinski definition) is 2. The van der Waals surface area contributed by atoms with Crippen molar-refractivity contribution in [2.24, 2.45) is 5.73 Å². The van der Waals surface area contributed by atoms with Gasteiger partial charge in [0.1, 0.15) is 12.1 Å². The third-order valence-electron chi connectivity index (χ3n) is 1.92. The predicted molar refractivity (Wildman–Crippen MR) is 66.1 cm³/mol. The van der Waals surface area contributed by atoms with E-state index in [0.29, 0.717) is 0 Å². The van der Waals surface area contributed by atoms with Gasteiger partial charge >= 0.3 is 18.2 Å². The summed E-state index contributed by atoms with van der Waals surface area (Å²) in [6, 6.07) is 0. The molecule has 0 bridgehead atoms. The number of amides is 3. The van der Waals surface area contributed by atoms with Crippen LogP contribution in [0.15, 0.2) is 0 Å². The lowest BCUT2D eigenvalue weighted by molar-refractivity contribution is -0.187. The second-order valence-electron chi connectivity index (χ2n) is 4.99. The Morgan fingerprint density at radius 1 is 1.19 bits per heavy atom. The van der Waals surface area contributed by atoms with Crippen LogP contribution in [-0.2, 0) is 14.3 Å². The van der Waals surface area contributed by atoms with Gasteiger partial charge in [-0.25, -0.2) is 4.79 Å². The maximum atomic E-state index is 12.3. The monoisotopic (exact) mass is 313 g/mol. The van der Waals surface area contributed by atoms with E-state index >= 15 is 0 Å². The van der Waals surface area contributed by atoms with E-state index in [1.807, 2.05) is 5.32 Å². The van der Waals surface area contributed by atoms with Crippen molar-refractivity contribution >= 4 is 17.9 Å². The van der Waals surface area contributed by atoms with E-state index in [1.165, 1.54) is 0 Å². The minimum absolute atomic E-state index is 0.0582. The highest BCUT2D eigenvalue weighted by atomic mass is 19.4. The highest BCUT2D eigenvalue weighted by molar-refractivity contribution is 5.99. The Morgan fingerprint density at radius 2 is 1.71 bits per heavy atom. The second-order valence-corrected chi connectivity index (χ2v) is 4.99. The normalized spacial score (nSPS) is 11.8. The minimum Gasteiger partial charge on any atom is -0.444 e. The number of alkyl halides is 3. The van der Waals surface area contributed by atoms with Crippen LogP contribution in [0.1, 0.15) is 20.8 Å². The molecule has 0 aromatic rings. The molecule has 0 aliphatic carbocycles. The Kier molecular flexibility index (Phi) is 6.61. The lowest BCUT2D eigenvalue weighted by Crippen LogP contribution is -2.50. The SMILES string of the molecule is CC(C)(C)OC(=O)NCC(=O)N(CCN)C(=O)C(F)(F)F. The maximum absolute atomic E-state index is 12.3. The molecule has 0 aromatic carbocycles. The van der Waals surface area contributed by atoms with Crippen molar-refractivity contribution in [3.63, 3.8) is 0 Å². The molecule has 10 heteroatoms. The fraction of sp³-hybridized carbons (Fsp3) is 0.727. The highest BCUT2D eigenvalue weighted by Crippen LogP contribution is 2.18. The molecular weight excluding hydrogens is 295 g/mol. The van der Waals surface area contributed by atoms with E-state index in [0.717, 1.165) is 0 Å². The summed E-state index contributed by atoms with van der Waals surface area (Å²) in [6.07, 6.45) is -6.18. The van der Waals surface area contributed by atoms with Crippen LogP contribution in [0, 0.1) is 0 Å². The zero-order valence-electron chi connectivity index (χ0n) is 11.9. The first-order valence-corrected chi connectivity index (χ1v) is 5.97. The van der Waals surface area contributed by atoms with Gasteiger partial charge in [-0.15, -0.1) is 0 Å². The quantitative estimate of drug-likeness (QED) is 0.781. The highest BCUT2D eigenvalue weighted by Gasteiger charge is 2.44. The molecule has 0 aliphatic rings.